The molecule has 9 heteroatoms. The van der Waals surface area contributed by atoms with Crippen LogP contribution in [0, 0.1) is 0 Å². The molecule has 0 bridgehead atoms. The molecule has 0 atom stereocenters. The number of fused-ring (bicyclic) bond motifs is 1. The van der Waals surface area contributed by atoms with Crippen molar-refractivity contribution in [2.45, 2.75) is 44.6 Å². The van der Waals surface area contributed by atoms with Crippen molar-refractivity contribution in [1.82, 2.24) is 40.4 Å². The number of anilines is 2. The van der Waals surface area contributed by atoms with Crippen molar-refractivity contribution in [3.63, 3.8) is 0 Å². The van der Waals surface area contributed by atoms with Crippen LogP contribution in [0.5, 0.6) is 0 Å². The lowest BCUT2D eigenvalue weighted by atomic mass is 10.1. The van der Waals surface area contributed by atoms with Gasteiger partial charge in [-0.25, -0.2) is 14.8 Å². The summed E-state index contributed by atoms with van der Waals surface area (Å²) >= 11 is 0. The molecule has 0 saturated heterocycles. The molecule has 5 rings (SSSR count). The molecule has 1 aliphatic carbocycles. The zero-order valence-corrected chi connectivity index (χ0v) is 15.4. The van der Waals surface area contributed by atoms with Gasteiger partial charge in [0.15, 0.2) is 11.5 Å². The minimum absolute atomic E-state index is 0.428. The van der Waals surface area contributed by atoms with E-state index < -0.39 is 0 Å². The van der Waals surface area contributed by atoms with Crippen LogP contribution in [0.25, 0.3) is 22.4 Å². The van der Waals surface area contributed by atoms with Crippen LogP contribution in [0.2, 0.25) is 0 Å². The van der Waals surface area contributed by atoms with Crippen molar-refractivity contribution in [3.05, 3.63) is 36.7 Å². The normalized spacial score (nSPS) is 15.6. The van der Waals surface area contributed by atoms with Gasteiger partial charge in [-0.3, -0.25) is 0 Å². The summed E-state index contributed by atoms with van der Waals surface area (Å²) in [6, 6.07) is 8.22. The topological polar surface area (TPSA) is 110 Å². The van der Waals surface area contributed by atoms with Gasteiger partial charge < -0.3 is 5.32 Å². The number of aromatic amines is 1. The van der Waals surface area contributed by atoms with Gasteiger partial charge in [0.25, 0.3) is 0 Å². The Kier molecular flexibility index (Phi) is 4.40. The molecule has 9 nitrogen and oxygen atoms in total. The molecule has 1 aromatic carbocycles. The predicted octanol–water partition coefficient (Wildman–Crippen LogP) is 3.65. The lowest BCUT2D eigenvalue weighted by molar-refractivity contribution is 0.415. The Morgan fingerprint density at radius 1 is 1.00 bits per heavy atom. The smallest absolute Gasteiger partial charge is 0.229 e. The molecule has 0 aliphatic heterocycles. The molecule has 0 amide bonds. The first-order valence-electron chi connectivity index (χ1n) is 9.68. The fourth-order valence-corrected chi connectivity index (χ4v) is 3.79. The fourth-order valence-electron chi connectivity index (χ4n) is 3.79. The van der Waals surface area contributed by atoms with E-state index >= 15 is 0 Å². The lowest BCUT2D eigenvalue weighted by Gasteiger charge is -2.15. The summed E-state index contributed by atoms with van der Waals surface area (Å²) in [5.74, 6) is 1.20. The van der Waals surface area contributed by atoms with Gasteiger partial charge in [0, 0.05) is 17.4 Å². The highest BCUT2D eigenvalue weighted by Crippen LogP contribution is 2.29. The third-order valence-corrected chi connectivity index (χ3v) is 5.26. The Balaban J connectivity index is 1.39. The molecule has 1 saturated carbocycles. The molecule has 28 heavy (non-hydrogen) atoms. The Hall–Kier alpha value is -3.36. The molecule has 0 spiro atoms. The Labute approximate surface area is 161 Å². The molecule has 3 aromatic heterocycles. The van der Waals surface area contributed by atoms with Crippen LogP contribution in [0.1, 0.15) is 44.6 Å². The SMILES string of the molecule is c1cc(-c2nnn[nH]2)ccc1Nc1ncc2cnn(C3CCCCCC3)c2n1. The standard InChI is InChI=1S/C19H21N9/c1-2-4-6-16(5-3-1)28-18-14(12-21-28)11-20-19(23-18)22-15-9-7-13(8-10-15)17-24-26-27-25-17/h7-12,16H,1-6H2,(H,20,22,23)(H,24,25,26,27). The van der Waals surface area contributed by atoms with Gasteiger partial charge in [0.2, 0.25) is 5.95 Å². The van der Waals surface area contributed by atoms with E-state index in [-0.39, 0.29) is 0 Å². The molecule has 4 aromatic rings. The van der Waals surface area contributed by atoms with Crippen LogP contribution in [0.3, 0.4) is 0 Å². The maximum absolute atomic E-state index is 4.75. The van der Waals surface area contributed by atoms with Crippen molar-refractivity contribution in [2.24, 2.45) is 0 Å². The Bertz CT molecular complexity index is 1040. The van der Waals surface area contributed by atoms with Crippen LogP contribution in [-0.4, -0.2) is 40.4 Å². The molecule has 0 unspecified atom stereocenters. The summed E-state index contributed by atoms with van der Waals surface area (Å²) in [6.07, 6.45) is 11.2. The summed E-state index contributed by atoms with van der Waals surface area (Å²) in [5, 5.41) is 22.7. The summed E-state index contributed by atoms with van der Waals surface area (Å²) in [7, 11) is 0. The van der Waals surface area contributed by atoms with Crippen LogP contribution < -0.4 is 5.32 Å². The van der Waals surface area contributed by atoms with Crippen molar-refractivity contribution >= 4 is 22.7 Å². The second kappa shape index (κ2) is 7.34. The van der Waals surface area contributed by atoms with Crippen molar-refractivity contribution in [1.29, 1.82) is 0 Å². The molecule has 2 N–H and O–H groups in total. The summed E-state index contributed by atoms with van der Waals surface area (Å²) in [6.45, 7) is 0. The number of rotatable bonds is 4. The number of H-pyrrole nitrogens is 1. The monoisotopic (exact) mass is 375 g/mol. The zero-order chi connectivity index (χ0) is 18.8. The van der Waals surface area contributed by atoms with Gasteiger partial charge in [0.05, 0.1) is 17.6 Å². The first-order chi connectivity index (χ1) is 13.9. The Morgan fingerprint density at radius 2 is 1.82 bits per heavy atom. The molecule has 3 heterocycles. The second-order valence-electron chi connectivity index (χ2n) is 7.16. The van der Waals surface area contributed by atoms with E-state index in [0.717, 1.165) is 22.3 Å². The van der Waals surface area contributed by atoms with Crippen LogP contribution >= 0.6 is 0 Å². The third kappa shape index (κ3) is 3.30. The number of hydrogen-bond donors (Lipinski definition) is 2. The molecule has 1 aliphatic rings. The number of aromatic nitrogens is 8. The number of hydrogen-bond acceptors (Lipinski definition) is 7. The van der Waals surface area contributed by atoms with E-state index in [0.29, 0.717) is 17.8 Å². The van der Waals surface area contributed by atoms with Crippen molar-refractivity contribution in [3.8, 4) is 11.4 Å². The van der Waals surface area contributed by atoms with Crippen LogP contribution in [-0.2, 0) is 0 Å². The highest BCUT2D eigenvalue weighted by Gasteiger charge is 2.18. The minimum Gasteiger partial charge on any atom is -0.324 e. The van der Waals surface area contributed by atoms with E-state index in [1.54, 1.807) is 0 Å². The van der Waals surface area contributed by atoms with E-state index in [9.17, 15) is 0 Å². The average Bonchev–Trinajstić information content (AvgIpc) is 3.33. The molecular formula is C19H21N9. The molecule has 1 fully saturated rings. The minimum atomic E-state index is 0.428. The first-order valence-corrected chi connectivity index (χ1v) is 9.68. The molecular weight excluding hydrogens is 354 g/mol. The summed E-state index contributed by atoms with van der Waals surface area (Å²) in [5.41, 5.74) is 2.71. The first kappa shape index (κ1) is 16.8. The second-order valence-corrected chi connectivity index (χ2v) is 7.16. The van der Waals surface area contributed by atoms with E-state index in [2.05, 4.69) is 40.7 Å². The molecule has 142 valence electrons. The van der Waals surface area contributed by atoms with Crippen LogP contribution in [0.15, 0.2) is 36.7 Å². The number of nitrogens with one attached hydrogen (secondary N) is 2. The summed E-state index contributed by atoms with van der Waals surface area (Å²) < 4.78 is 2.09. The van der Waals surface area contributed by atoms with E-state index in [4.69, 9.17) is 4.98 Å². The van der Waals surface area contributed by atoms with Gasteiger partial charge in [0.1, 0.15) is 0 Å². The van der Waals surface area contributed by atoms with E-state index in [1.807, 2.05) is 36.7 Å². The fraction of sp³-hybridized carbons (Fsp3) is 0.368. The maximum Gasteiger partial charge on any atom is 0.229 e. The van der Waals surface area contributed by atoms with Gasteiger partial charge in [-0.2, -0.15) is 10.1 Å². The van der Waals surface area contributed by atoms with Crippen LogP contribution in [0.4, 0.5) is 11.6 Å². The van der Waals surface area contributed by atoms with Crippen molar-refractivity contribution < 1.29 is 0 Å². The maximum atomic E-state index is 4.75. The van der Waals surface area contributed by atoms with Gasteiger partial charge in [-0.05, 0) is 47.5 Å². The number of benzene rings is 1. The zero-order valence-electron chi connectivity index (χ0n) is 15.4. The van der Waals surface area contributed by atoms with Gasteiger partial charge in [-0.15, -0.1) is 5.10 Å². The third-order valence-electron chi connectivity index (χ3n) is 5.26. The highest BCUT2D eigenvalue weighted by atomic mass is 15.5. The van der Waals surface area contributed by atoms with E-state index in [1.165, 1.54) is 38.5 Å². The van der Waals surface area contributed by atoms with Gasteiger partial charge >= 0.3 is 0 Å². The lowest BCUT2D eigenvalue weighted by Crippen LogP contribution is -2.11. The highest BCUT2D eigenvalue weighted by molar-refractivity contribution is 5.75. The average molecular weight is 375 g/mol. The molecule has 0 radical (unpaired) electrons. The predicted molar refractivity (Wildman–Crippen MR) is 105 cm³/mol. The Morgan fingerprint density at radius 3 is 2.57 bits per heavy atom. The number of nitrogens with zero attached hydrogens (tertiary/aromatic N) is 7. The number of tetrazole rings is 1. The van der Waals surface area contributed by atoms with Gasteiger partial charge in [-0.1, -0.05) is 25.7 Å². The summed E-state index contributed by atoms with van der Waals surface area (Å²) in [4.78, 5) is 9.19. The largest absolute Gasteiger partial charge is 0.324 e. The van der Waals surface area contributed by atoms with Crippen molar-refractivity contribution in [2.75, 3.05) is 5.32 Å². The quantitative estimate of drug-likeness (QED) is 0.524.